The fourth-order valence-electron chi connectivity index (χ4n) is 4.24. The number of ether oxygens (including phenoxy) is 2. The van der Waals surface area contributed by atoms with Crippen molar-refractivity contribution < 1.29 is 29.0 Å². The van der Waals surface area contributed by atoms with Gasteiger partial charge in [0.15, 0.2) is 5.92 Å². The van der Waals surface area contributed by atoms with Crippen LogP contribution in [-0.4, -0.2) is 46.6 Å². The number of oxime groups is 1. The van der Waals surface area contributed by atoms with Gasteiger partial charge in [-0.1, -0.05) is 65.0 Å². The number of thiazole rings is 1. The standard InChI is InChI=1S/C31H32N2O7S/c1-31(2,3)40-29(36)24(28(34)35)18-20-10-13-23(14-11-20)39-17-16-33-25-15-12-22(19-26(25)41-30(33)37)27(32-38-4)21-8-6-5-7-9-21/h5-15,19,24H,16-18H2,1-4H3,(H,34,35). The number of aliphatic carboxylic acids is 1. The fourth-order valence-corrected chi connectivity index (χ4v) is 5.20. The Hall–Kier alpha value is -4.44. The van der Waals surface area contributed by atoms with Crippen molar-refractivity contribution in [2.45, 2.75) is 39.3 Å². The minimum atomic E-state index is -1.30. The highest BCUT2D eigenvalue weighted by atomic mass is 32.1. The van der Waals surface area contributed by atoms with Crippen LogP contribution < -0.4 is 9.61 Å². The van der Waals surface area contributed by atoms with Gasteiger partial charge in [0.25, 0.3) is 0 Å². The average Bonchev–Trinajstić information content (AvgIpc) is 3.24. The molecule has 1 heterocycles. The zero-order valence-electron chi connectivity index (χ0n) is 23.3. The first kappa shape index (κ1) is 29.5. The predicted octanol–water partition coefficient (Wildman–Crippen LogP) is 5.13. The second kappa shape index (κ2) is 12.8. The zero-order chi connectivity index (χ0) is 29.6. The summed E-state index contributed by atoms with van der Waals surface area (Å²) in [5, 5.41) is 13.7. The normalized spacial score (nSPS) is 12.6. The van der Waals surface area contributed by atoms with Gasteiger partial charge in [-0.2, -0.15) is 0 Å². The van der Waals surface area contributed by atoms with Crippen molar-refractivity contribution >= 4 is 39.2 Å². The molecule has 0 amide bonds. The molecule has 4 aromatic rings. The van der Waals surface area contributed by atoms with Crippen LogP contribution in [0.4, 0.5) is 0 Å². The van der Waals surface area contributed by atoms with E-state index in [9.17, 15) is 19.5 Å². The summed E-state index contributed by atoms with van der Waals surface area (Å²) < 4.78 is 13.6. The number of benzene rings is 3. The highest BCUT2D eigenvalue weighted by Crippen LogP contribution is 2.23. The van der Waals surface area contributed by atoms with E-state index in [0.29, 0.717) is 23.6 Å². The summed E-state index contributed by atoms with van der Waals surface area (Å²) in [6, 6.07) is 22.3. The van der Waals surface area contributed by atoms with Crippen LogP contribution in [0.15, 0.2) is 82.7 Å². The molecule has 0 spiro atoms. The van der Waals surface area contributed by atoms with E-state index in [1.165, 1.54) is 7.11 Å². The number of esters is 1. The van der Waals surface area contributed by atoms with E-state index < -0.39 is 23.5 Å². The molecule has 1 aromatic heterocycles. The highest BCUT2D eigenvalue weighted by Gasteiger charge is 2.31. The van der Waals surface area contributed by atoms with Gasteiger partial charge in [-0.05, 0) is 57.0 Å². The van der Waals surface area contributed by atoms with Crippen LogP contribution in [0.3, 0.4) is 0 Å². The van der Waals surface area contributed by atoms with Gasteiger partial charge in [0, 0.05) is 11.1 Å². The highest BCUT2D eigenvalue weighted by molar-refractivity contribution is 7.16. The van der Waals surface area contributed by atoms with Crippen LogP contribution in [-0.2, 0) is 32.1 Å². The number of nitrogens with zero attached hydrogens (tertiary/aromatic N) is 2. The van der Waals surface area contributed by atoms with Crippen molar-refractivity contribution in [1.29, 1.82) is 0 Å². The SMILES string of the molecule is CON=C(c1ccccc1)c1ccc2c(c1)sc(=O)n2CCOc1ccc(CC(C(=O)O)C(=O)OC(C)(C)C)cc1. The fraction of sp³-hybridized carbons (Fsp3) is 0.290. The van der Waals surface area contributed by atoms with E-state index in [1.54, 1.807) is 49.6 Å². The molecular weight excluding hydrogens is 544 g/mol. The third-order valence-electron chi connectivity index (χ3n) is 6.11. The molecule has 0 aliphatic carbocycles. The zero-order valence-corrected chi connectivity index (χ0v) is 24.1. The number of carbonyl (C=O) groups is 2. The largest absolute Gasteiger partial charge is 0.492 e. The van der Waals surface area contributed by atoms with E-state index in [1.807, 2.05) is 48.5 Å². The number of carboxylic acids is 1. The second-order valence-corrected chi connectivity index (χ2v) is 11.3. The van der Waals surface area contributed by atoms with Gasteiger partial charge in [-0.25, -0.2) is 0 Å². The van der Waals surface area contributed by atoms with Crippen LogP contribution in [0.2, 0.25) is 0 Å². The van der Waals surface area contributed by atoms with Crippen molar-refractivity contribution in [2.24, 2.45) is 11.1 Å². The molecule has 10 heteroatoms. The molecule has 0 aliphatic rings. The van der Waals surface area contributed by atoms with Crippen molar-refractivity contribution in [3.8, 4) is 5.75 Å². The Morgan fingerprint density at radius 1 is 1.00 bits per heavy atom. The molecule has 0 radical (unpaired) electrons. The summed E-state index contributed by atoms with van der Waals surface area (Å²) in [5.41, 5.74) is 3.11. The van der Waals surface area contributed by atoms with Gasteiger partial charge >= 0.3 is 16.8 Å². The number of rotatable bonds is 11. The van der Waals surface area contributed by atoms with Crippen molar-refractivity contribution in [1.82, 2.24) is 4.57 Å². The number of fused-ring (bicyclic) bond motifs is 1. The Kier molecular flexibility index (Phi) is 9.24. The maximum Gasteiger partial charge on any atom is 0.321 e. The third kappa shape index (κ3) is 7.61. The first-order valence-electron chi connectivity index (χ1n) is 13.0. The first-order chi connectivity index (χ1) is 19.6. The average molecular weight is 577 g/mol. The molecule has 1 N–H and O–H groups in total. The molecule has 0 aliphatic heterocycles. The van der Waals surface area contributed by atoms with Crippen LogP contribution in [0, 0.1) is 5.92 Å². The molecular formula is C31H32N2O7S. The molecule has 41 heavy (non-hydrogen) atoms. The second-order valence-electron chi connectivity index (χ2n) is 10.3. The lowest BCUT2D eigenvalue weighted by Crippen LogP contribution is -2.33. The summed E-state index contributed by atoms with van der Waals surface area (Å²) >= 11 is 1.16. The molecule has 0 fully saturated rings. The van der Waals surface area contributed by atoms with E-state index in [2.05, 4.69) is 5.16 Å². The van der Waals surface area contributed by atoms with E-state index in [4.69, 9.17) is 14.3 Å². The quantitative estimate of drug-likeness (QED) is 0.114. The number of hydrogen-bond donors (Lipinski definition) is 1. The number of aromatic nitrogens is 1. The van der Waals surface area contributed by atoms with Crippen LogP contribution in [0.1, 0.15) is 37.5 Å². The van der Waals surface area contributed by atoms with Crippen LogP contribution in [0.25, 0.3) is 10.2 Å². The summed E-state index contributed by atoms with van der Waals surface area (Å²) in [4.78, 5) is 41.7. The number of carbonyl (C=O) groups excluding carboxylic acids is 1. The molecule has 1 atom stereocenters. The maximum atomic E-state index is 12.8. The first-order valence-corrected chi connectivity index (χ1v) is 13.8. The van der Waals surface area contributed by atoms with Crippen molar-refractivity contribution in [3.63, 3.8) is 0 Å². The summed E-state index contributed by atoms with van der Waals surface area (Å²) in [6.07, 6.45) is 0.00385. The van der Waals surface area contributed by atoms with E-state index in [0.717, 1.165) is 32.7 Å². The van der Waals surface area contributed by atoms with Gasteiger partial charge in [0.1, 0.15) is 30.8 Å². The van der Waals surface area contributed by atoms with Gasteiger partial charge in [0.2, 0.25) is 0 Å². The maximum absolute atomic E-state index is 12.8. The Labute approximate surface area is 241 Å². The van der Waals surface area contributed by atoms with Gasteiger partial charge < -0.3 is 19.4 Å². The monoisotopic (exact) mass is 576 g/mol. The molecule has 3 aromatic carbocycles. The Morgan fingerprint density at radius 3 is 2.34 bits per heavy atom. The molecule has 9 nitrogen and oxygen atoms in total. The van der Waals surface area contributed by atoms with Crippen LogP contribution in [0.5, 0.6) is 5.75 Å². The van der Waals surface area contributed by atoms with Gasteiger partial charge in [-0.3, -0.25) is 19.0 Å². The van der Waals surface area contributed by atoms with Gasteiger partial charge in [0.05, 0.1) is 16.8 Å². The molecule has 0 bridgehead atoms. The van der Waals surface area contributed by atoms with Crippen molar-refractivity contribution in [2.75, 3.05) is 13.7 Å². The van der Waals surface area contributed by atoms with Crippen molar-refractivity contribution in [3.05, 3.63) is 99.2 Å². The summed E-state index contributed by atoms with van der Waals surface area (Å²) in [7, 11) is 1.50. The summed E-state index contributed by atoms with van der Waals surface area (Å²) in [6.45, 7) is 5.68. The minimum absolute atomic E-state index is 0.00385. The predicted molar refractivity (Wildman–Crippen MR) is 158 cm³/mol. The lowest BCUT2D eigenvalue weighted by atomic mass is 9.99. The molecule has 1 unspecified atom stereocenters. The smallest absolute Gasteiger partial charge is 0.321 e. The minimum Gasteiger partial charge on any atom is -0.492 e. The number of carboxylic acid groups (broad SMARTS) is 1. The Morgan fingerprint density at radius 2 is 1.71 bits per heavy atom. The lowest BCUT2D eigenvalue weighted by Gasteiger charge is -2.22. The topological polar surface area (TPSA) is 116 Å². The van der Waals surface area contributed by atoms with E-state index in [-0.39, 0.29) is 17.9 Å². The van der Waals surface area contributed by atoms with Gasteiger partial charge in [-0.15, -0.1) is 0 Å². The van der Waals surface area contributed by atoms with Crippen LogP contribution >= 0.6 is 11.3 Å². The molecule has 0 saturated heterocycles. The third-order valence-corrected chi connectivity index (χ3v) is 7.05. The Bertz CT molecular complexity index is 1600. The molecule has 0 saturated carbocycles. The van der Waals surface area contributed by atoms with E-state index >= 15 is 0 Å². The Balaban J connectivity index is 1.41. The molecule has 214 valence electrons. The molecule has 4 rings (SSSR count). The lowest BCUT2D eigenvalue weighted by molar-refractivity contribution is -0.166. The number of hydrogen-bond acceptors (Lipinski definition) is 8. The summed E-state index contributed by atoms with van der Waals surface area (Å²) in [5.74, 6) is -2.74.